The van der Waals surface area contributed by atoms with Gasteiger partial charge in [0.2, 0.25) is 0 Å². The van der Waals surface area contributed by atoms with Crippen LogP contribution in [0.25, 0.3) is 111 Å². The number of aryl methyl sites for hydroxylation is 2. The first-order valence-electron chi connectivity index (χ1n) is 25.1. The predicted octanol–water partition coefficient (Wildman–Crippen LogP) is 20.9. The van der Waals surface area contributed by atoms with Crippen molar-refractivity contribution in [3.8, 4) is 67.0 Å². The molecule has 0 aliphatic heterocycles. The van der Waals surface area contributed by atoms with Gasteiger partial charge in [0.1, 0.15) is 0 Å². The third kappa shape index (κ3) is 8.92. The lowest BCUT2D eigenvalue weighted by Crippen LogP contribution is -2.12. The largest absolute Gasteiger partial charge is 0.418 e. The van der Waals surface area contributed by atoms with E-state index >= 15 is 26.3 Å². The Hall–Kier alpha value is -9.04. The van der Waals surface area contributed by atoms with Gasteiger partial charge in [-0.15, -0.1) is 0 Å². The van der Waals surface area contributed by atoms with Gasteiger partial charge >= 0.3 is 24.7 Å². The average Bonchev–Trinajstić information content (AvgIpc) is 4.18. The Morgan fingerprint density at radius 2 is 0.512 bits per heavy atom. The second-order valence-corrected chi connectivity index (χ2v) is 19.8. The Kier molecular flexibility index (Phi) is 12.2. The molecule has 0 bridgehead atoms. The normalized spacial score (nSPS) is 12.6. The van der Waals surface area contributed by atoms with Crippen molar-refractivity contribution in [2.45, 2.75) is 38.6 Å². The molecule has 0 aliphatic rings. The Morgan fingerprint density at radius 1 is 0.250 bits per heavy atom. The maximum absolute atomic E-state index is 15.5. The summed E-state index contributed by atoms with van der Waals surface area (Å²) in [7, 11) is 0. The Bertz CT molecular complexity index is 4170. The molecule has 80 heavy (non-hydrogen) atoms. The van der Waals surface area contributed by atoms with Gasteiger partial charge in [0.05, 0.1) is 55.7 Å². The third-order valence-corrected chi connectivity index (χ3v) is 15.0. The van der Waals surface area contributed by atoms with Gasteiger partial charge < -0.3 is 9.13 Å². The summed E-state index contributed by atoms with van der Waals surface area (Å²) >= 11 is 0. The van der Waals surface area contributed by atoms with E-state index < -0.39 is 58.3 Å². The number of alkyl halides is 12. The summed E-state index contributed by atoms with van der Waals surface area (Å²) in [5.41, 5.74) is 1.11. The first-order chi connectivity index (χ1) is 38.0. The van der Waals surface area contributed by atoms with Crippen LogP contribution in [-0.2, 0) is 24.7 Å². The lowest BCUT2D eigenvalue weighted by molar-refractivity contribution is -0.138. The Labute approximate surface area is 449 Å². The zero-order valence-electron chi connectivity index (χ0n) is 42.1. The lowest BCUT2D eigenvalue weighted by Gasteiger charge is -2.20. The third-order valence-electron chi connectivity index (χ3n) is 15.0. The van der Waals surface area contributed by atoms with Crippen LogP contribution in [-0.4, -0.2) is 9.13 Å². The van der Waals surface area contributed by atoms with Crippen LogP contribution in [0.2, 0.25) is 0 Å². The number of halogens is 12. The number of benzene rings is 10. The number of nitrogens with zero attached hydrogens (tertiary/aromatic N) is 2. The van der Waals surface area contributed by atoms with Crippen molar-refractivity contribution >= 4 is 43.6 Å². The van der Waals surface area contributed by atoms with E-state index in [1.165, 1.54) is 106 Å². The molecule has 0 saturated heterocycles. The van der Waals surface area contributed by atoms with Gasteiger partial charge in [0, 0.05) is 21.5 Å². The predicted molar refractivity (Wildman–Crippen MR) is 292 cm³/mol. The summed E-state index contributed by atoms with van der Waals surface area (Å²) in [6.45, 7) is 3.79. The molecule has 0 spiro atoms. The summed E-state index contributed by atoms with van der Waals surface area (Å²) in [4.78, 5) is 0. The van der Waals surface area contributed by atoms with Crippen molar-refractivity contribution in [1.82, 2.24) is 9.13 Å². The highest BCUT2D eigenvalue weighted by Gasteiger charge is 2.38. The molecule has 0 aliphatic carbocycles. The van der Waals surface area contributed by atoms with E-state index in [9.17, 15) is 26.3 Å². The number of fused-ring (bicyclic) bond motifs is 6. The number of rotatable bonds is 7. The van der Waals surface area contributed by atoms with Crippen LogP contribution in [0.1, 0.15) is 33.4 Å². The summed E-state index contributed by atoms with van der Waals surface area (Å²) in [5.74, 6) is 0. The van der Waals surface area contributed by atoms with Gasteiger partial charge in [-0.25, -0.2) is 0 Å². The van der Waals surface area contributed by atoms with Crippen molar-refractivity contribution in [3.63, 3.8) is 0 Å². The molecule has 0 atom stereocenters. The minimum absolute atomic E-state index is 0.0823. The fourth-order valence-electron chi connectivity index (χ4n) is 11.3. The molecule has 0 saturated carbocycles. The molecule has 0 amide bonds. The van der Waals surface area contributed by atoms with Crippen molar-refractivity contribution in [2.75, 3.05) is 0 Å². The zero-order valence-corrected chi connectivity index (χ0v) is 42.1. The van der Waals surface area contributed by atoms with Crippen LogP contribution in [0.15, 0.2) is 206 Å². The van der Waals surface area contributed by atoms with Crippen molar-refractivity contribution in [1.29, 1.82) is 0 Å². The van der Waals surface area contributed by atoms with Crippen molar-refractivity contribution in [3.05, 3.63) is 240 Å². The van der Waals surface area contributed by atoms with Gasteiger partial charge in [-0.1, -0.05) is 121 Å². The minimum Gasteiger partial charge on any atom is -0.309 e. The smallest absolute Gasteiger partial charge is 0.309 e. The van der Waals surface area contributed by atoms with E-state index in [0.29, 0.717) is 32.7 Å². The quantitative estimate of drug-likeness (QED) is 0.141. The van der Waals surface area contributed by atoms with Gasteiger partial charge in [0.15, 0.2) is 0 Å². The molecule has 398 valence electrons. The molecule has 14 heteroatoms. The van der Waals surface area contributed by atoms with E-state index in [1.807, 2.05) is 62.4 Å². The van der Waals surface area contributed by atoms with E-state index in [4.69, 9.17) is 0 Å². The van der Waals surface area contributed by atoms with Crippen LogP contribution in [0.5, 0.6) is 0 Å². The molecule has 12 aromatic rings. The fourth-order valence-corrected chi connectivity index (χ4v) is 11.3. The maximum Gasteiger partial charge on any atom is 0.418 e. The lowest BCUT2D eigenvalue weighted by atomic mass is 9.96. The highest BCUT2D eigenvalue weighted by Crippen LogP contribution is 2.47. The fraction of sp³-hybridized carbons (Fsp3) is 0.0909. The number of hydrogen-bond acceptors (Lipinski definition) is 0. The van der Waals surface area contributed by atoms with Gasteiger partial charge in [-0.2, -0.15) is 52.7 Å². The van der Waals surface area contributed by atoms with Crippen molar-refractivity contribution < 1.29 is 52.7 Å². The summed E-state index contributed by atoms with van der Waals surface area (Å²) in [6, 6.07) is 50.6. The van der Waals surface area contributed by atoms with Crippen LogP contribution in [0.3, 0.4) is 0 Å². The molecule has 10 aromatic carbocycles. The summed E-state index contributed by atoms with van der Waals surface area (Å²) in [6.07, 6.45) is -19.5. The first-order valence-corrected chi connectivity index (χ1v) is 25.1. The SMILES string of the molecule is Cc1ccccc1-c1ccc2c(c1)c1cc(-c3ccccc3C(F)(F)F)ccc1n2-c1cc(-c2ccc(C(F)(F)F)c(-n3c4ccc(-c5ccccc5C)cc4c4cc(-c5ccccc5C(F)(F)F)ccc43)c2)ccc1C(F)(F)F. The number of hydrogen-bond donors (Lipinski definition) is 0. The van der Waals surface area contributed by atoms with Crippen LogP contribution < -0.4 is 0 Å². The first kappa shape index (κ1) is 51.7. The molecular formula is C66H40F12N2. The number of aromatic nitrogens is 2. The topological polar surface area (TPSA) is 9.86 Å². The molecular weight excluding hydrogens is 1050 g/mol. The summed E-state index contributed by atoms with van der Waals surface area (Å²) in [5, 5.41) is 1.51. The molecule has 0 radical (unpaired) electrons. The summed E-state index contributed by atoms with van der Waals surface area (Å²) < 4.78 is 183. The highest BCUT2D eigenvalue weighted by atomic mass is 19.4. The van der Waals surface area contributed by atoms with E-state index in [0.717, 1.165) is 46.5 Å². The van der Waals surface area contributed by atoms with Gasteiger partial charge in [0.25, 0.3) is 0 Å². The van der Waals surface area contributed by atoms with Crippen LogP contribution in [0.4, 0.5) is 52.7 Å². The molecule has 0 N–H and O–H groups in total. The monoisotopic (exact) mass is 1090 g/mol. The molecule has 2 aromatic heterocycles. The second kappa shape index (κ2) is 18.8. The average molecular weight is 1090 g/mol. The van der Waals surface area contributed by atoms with E-state index in [-0.39, 0.29) is 55.4 Å². The van der Waals surface area contributed by atoms with E-state index in [2.05, 4.69) is 0 Å². The van der Waals surface area contributed by atoms with Crippen molar-refractivity contribution in [2.24, 2.45) is 0 Å². The highest BCUT2D eigenvalue weighted by molar-refractivity contribution is 6.13. The molecule has 0 fully saturated rings. The minimum atomic E-state index is -4.99. The van der Waals surface area contributed by atoms with Crippen LogP contribution >= 0.6 is 0 Å². The van der Waals surface area contributed by atoms with Crippen LogP contribution in [0, 0.1) is 13.8 Å². The standard InChI is InChI=1S/C66H40F12N2/c1-37-11-3-5-13-45(37)41-21-27-57-49(31-41)51-33-43(47-15-7-9-17-53(47)63(67,68)69)23-29-59(51)79(57)61-35-39(19-25-55(61)65(73,74)75)40-20-26-56(66(76,77)78)62(36-40)80-58-28-22-42(46-14-6-4-12-38(46)2)32-50(58)52-34-44(24-30-60(52)80)48-16-8-10-18-54(48)64(70,71)72/h3-36H,1-2H3. The van der Waals surface area contributed by atoms with Gasteiger partial charge in [-0.05, 0) is 166 Å². The Balaban J connectivity index is 1.10. The Morgan fingerprint density at radius 3 is 0.812 bits per heavy atom. The maximum atomic E-state index is 15.5. The molecule has 2 nitrogen and oxygen atoms in total. The van der Waals surface area contributed by atoms with E-state index in [1.54, 1.807) is 36.4 Å². The molecule has 2 heterocycles. The molecule has 12 rings (SSSR count). The second-order valence-electron chi connectivity index (χ2n) is 19.8. The van der Waals surface area contributed by atoms with Gasteiger partial charge in [-0.3, -0.25) is 0 Å². The molecule has 0 unspecified atom stereocenters. The zero-order chi connectivity index (χ0) is 56.2.